The lowest BCUT2D eigenvalue weighted by Gasteiger charge is -2.13. The van der Waals surface area contributed by atoms with E-state index >= 15 is 0 Å². The maximum atomic E-state index is 13.9. The number of hydrogen-bond acceptors (Lipinski definition) is 12. The van der Waals surface area contributed by atoms with Gasteiger partial charge in [0.15, 0.2) is 9.50 Å². The maximum Gasteiger partial charge on any atom is 0.296 e. The van der Waals surface area contributed by atoms with Gasteiger partial charge in [-0.05, 0) is 73.7 Å². The molecule has 2 amide bonds. The minimum absolute atomic E-state index is 0.00813. The zero-order valence-electron chi connectivity index (χ0n) is 26.5. The molecule has 0 bridgehead atoms. The Kier molecular flexibility index (Phi) is 9.85. The van der Waals surface area contributed by atoms with Gasteiger partial charge in [-0.1, -0.05) is 41.7 Å². The van der Waals surface area contributed by atoms with Crippen molar-refractivity contribution in [1.29, 1.82) is 0 Å². The third-order valence-electron chi connectivity index (χ3n) is 7.96. The smallest absolute Gasteiger partial charge is 0.296 e. The number of nitro benzene ring substituents is 1. The predicted molar refractivity (Wildman–Crippen MR) is 200 cm³/mol. The lowest BCUT2D eigenvalue weighted by Crippen LogP contribution is -2.23. The number of ether oxygens (including phenoxy) is 1. The Morgan fingerprint density at radius 3 is 2.54 bits per heavy atom. The van der Waals surface area contributed by atoms with Crippen molar-refractivity contribution < 1.29 is 19.2 Å². The molecule has 0 spiro atoms. The fourth-order valence-corrected chi connectivity index (χ4v) is 9.69. The highest BCUT2D eigenvalue weighted by molar-refractivity contribution is 8.01. The van der Waals surface area contributed by atoms with E-state index in [1.54, 1.807) is 28.0 Å². The number of hydrogen-bond donors (Lipinski definition) is 2. The number of amides is 2. The van der Waals surface area contributed by atoms with Crippen molar-refractivity contribution in [3.63, 3.8) is 0 Å². The number of para-hydroxylation sites is 1. The molecule has 3 aromatic carbocycles. The number of nitro groups is 1. The van der Waals surface area contributed by atoms with Crippen LogP contribution < -0.4 is 20.9 Å². The molecule has 6 aromatic rings. The number of thiazole rings is 1. The summed E-state index contributed by atoms with van der Waals surface area (Å²) >= 11 is 5.38. The maximum absolute atomic E-state index is 13.9. The van der Waals surface area contributed by atoms with E-state index in [4.69, 9.17) is 9.72 Å². The first kappa shape index (κ1) is 33.7. The van der Waals surface area contributed by atoms with Crippen molar-refractivity contribution in [2.75, 3.05) is 29.2 Å². The number of carbonyl (C=O) groups is 2. The molecule has 0 aliphatic heterocycles. The number of nitrogens with one attached hydrogen (secondary N) is 2. The molecule has 0 atom stereocenters. The first-order chi connectivity index (χ1) is 24.3. The number of methoxy groups -OCH3 is 1. The zero-order chi connectivity index (χ0) is 34.8. The molecular formula is C34H28N6O6S4. The van der Waals surface area contributed by atoms with Crippen molar-refractivity contribution >= 4 is 95.5 Å². The summed E-state index contributed by atoms with van der Waals surface area (Å²) in [6, 6.07) is 19.0. The predicted octanol–water partition coefficient (Wildman–Crippen LogP) is 7.31. The van der Waals surface area contributed by atoms with Crippen molar-refractivity contribution in [2.45, 2.75) is 35.2 Å². The molecule has 12 nitrogen and oxygen atoms in total. The van der Waals surface area contributed by atoms with Crippen LogP contribution in [0.4, 0.5) is 17.1 Å². The second-order valence-corrected chi connectivity index (χ2v) is 15.5. The highest BCUT2D eigenvalue weighted by atomic mass is 32.2. The van der Waals surface area contributed by atoms with Crippen LogP contribution >= 0.6 is 46.2 Å². The highest BCUT2D eigenvalue weighted by Crippen LogP contribution is 2.36. The quantitative estimate of drug-likeness (QED) is 0.0596. The number of nitrogens with zero attached hydrogens (tertiary/aromatic N) is 4. The number of aromatic nitrogens is 3. The minimum atomic E-state index is -0.580. The van der Waals surface area contributed by atoms with Crippen LogP contribution in [0.15, 0.2) is 81.0 Å². The summed E-state index contributed by atoms with van der Waals surface area (Å²) in [6.45, 7) is 0. The van der Waals surface area contributed by atoms with Gasteiger partial charge in [-0.15, -0.1) is 22.7 Å². The Morgan fingerprint density at radius 1 is 0.960 bits per heavy atom. The van der Waals surface area contributed by atoms with E-state index in [1.807, 2.05) is 36.4 Å². The Hall–Kier alpha value is -4.77. The molecule has 1 aliphatic rings. The number of thiophene rings is 1. The zero-order valence-corrected chi connectivity index (χ0v) is 29.7. The Balaban J connectivity index is 1.02. The molecular weight excluding hydrogens is 717 g/mol. The Labute approximate surface area is 301 Å². The second-order valence-electron chi connectivity index (χ2n) is 11.2. The molecule has 254 valence electrons. The van der Waals surface area contributed by atoms with Crippen molar-refractivity contribution in [3.05, 3.63) is 97.6 Å². The molecule has 0 unspecified atom stereocenters. The average molecular weight is 745 g/mol. The molecule has 0 fully saturated rings. The van der Waals surface area contributed by atoms with Crippen LogP contribution in [0.2, 0.25) is 0 Å². The molecule has 3 heterocycles. The lowest BCUT2D eigenvalue weighted by molar-refractivity contribution is -0.384. The SMILES string of the molecule is COc1ccc(NC(=O)CSc2nc3ccc(NC(=O)CSc4nc5sc6c(c5c(=O)n4-c4ccccc4)CCCC6)cc3s2)c([N+](=O)[O-])c1. The third kappa shape index (κ3) is 7.10. The minimum Gasteiger partial charge on any atom is -0.496 e. The first-order valence-electron chi connectivity index (χ1n) is 15.5. The van der Waals surface area contributed by atoms with Gasteiger partial charge in [0.25, 0.3) is 11.2 Å². The van der Waals surface area contributed by atoms with Crippen LogP contribution in [0.5, 0.6) is 5.75 Å². The standard InChI is InChI=1S/C34H28N6O6S4/c1-46-21-12-14-23(25(16-21)40(44)45)36-29(42)18-48-34-37-24-13-11-19(15-27(24)50-34)35-28(41)17-47-33-38-31-30(22-9-5-6-10-26(22)49-31)32(43)39(33)20-7-3-2-4-8-20/h2-4,7-8,11-16H,5-6,9-10,17-18H2,1H3,(H,35,41)(H,36,42). The van der Waals surface area contributed by atoms with Crippen molar-refractivity contribution in [1.82, 2.24) is 14.5 Å². The van der Waals surface area contributed by atoms with Crippen molar-refractivity contribution in [3.8, 4) is 11.4 Å². The van der Waals surface area contributed by atoms with E-state index in [2.05, 4.69) is 15.6 Å². The number of rotatable bonds is 11. The summed E-state index contributed by atoms with van der Waals surface area (Å²) < 4.78 is 8.10. The van der Waals surface area contributed by atoms with E-state index < -0.39 is 10.8 Å². The van der Waals surface area contributed by atoms with Crippen LogP contribution in [0.1, 0.15) is 23.3 Å². The lowest BCUT2D eigenvalue weighted by atomic mass is 9.97. The van der Waals surface area contributed by atoms with E-state index in [0.29, 0.717) is 37.5 Å². The van der Waals surface area contributed by atoms with Crippen LogP contribution in [-0.4, -0.2) is 49.9 Å². The van der Waals surface area contributed by atoms with Gasteiger partial charge in [-0.25, -0.2) is 9.97 Å². The summed E-state index contributed by atoms with van der Waals surface area (Å²) in [5.41, 5.74) is 2.83. The van der Waals surface area contributed by atoms with Crippen molar-refractivity contribution in [2.24, 2.45) is 0 Å². The molecule has 16 heteroatoms. The second kappa shape index (κ2) is 14.6. The highest BCUT2D eigenvalue weighted by Gasteiger charge is 2.24. The van der Waals surface area contributed by atoms with Gasteiger partial charge in [0.05, 0.1) is 50.9 Å². The number of thioether (sulfide) groups is 2. The van der Waals surface area contributed by atoms with E-state index in [1.165, 1.54) is 65.0 Å². The fraction of sp³-hybridized carbons (Fsp3) is 0.206. The monoisotopic (exact) mass is 744 g/mol. The Bertz CT molecular complexity index is 2340. The van der Waals surface area contributed by atoms with Crippen LogP contribution in [-0.2, 0) is 22.4 Å². The number of aryl methyl sites for hydroxylation is 2. The summed E-state index contributed by atoms with van der Waals surface area (Å²) in [5, 5.41) is 18.1. The number of fused-ring (bicyclic) bond motifs is 4. The average Bonchev–Trinajstić information content (AvgIpc) is 3.71. The van der Waals surface area contributed by atoms with E-state index in [9.17, 15) is 24.5 Å². The summed E-state index contributed by atoms with van der Waals surface area (Å²) in [7, 11) is 1.41. The molecule has 0 saturated heterocycles. The molecule has 0 radical (unpaired) electrons. The molecule has 0 saturated carbocycles. The normalized spacial score (nSPS) is 12.5. The molecule has 1 aliphatic carbocycles. The fourth-order valence-electron chi connectivity index (χ4n) is 5.67. The number of carbonyl (C=O) groups excluding carboxylic acids is 2. The summed E-state index contributed by atoms with van der Waals surface area (Å²) in [4.78, 5) is 62.0. The van der Waals surface area contributed by atoms with E-state index in [0.717, 1.165) is 40.8 Å². The Morgan fingerprint density at radius 2 is 1.74 bits per heavy atom. The number of benzene rings is 3. The van der Waals surface area contributed by atoms with Gasteiger partial charge >= 0.3 is 0 Å². The molecule has 3 aromatic heterocycles. The molecule has 50 heavy (non-hydrogen) atoms. The summed E-state index contributed by atoms with van der Waals surface area (Å²) in [5.74, 6) is -0.326. The van der Waals surface area contributed by atoms with Crippen LogP contribution in [0, 0.1) is 10.1 Å². The van der Waals surface area contributed by atoms with Gasteiger partial charge in [0.1, 0.15) is 16.3 Å². The topological polar surface area (TPSA) is 158 Å². The molecule has 2 N–H and O–H groups in total. The third-order valence-corrected chi connectivity index (χ3v) is 12.2. The molecule has 7 rings (SSSR count). The van der Waals surface area contributed by atoms with Gasteiger partial charge in [0, 0.05) is 10.6 Å². The van der Waals surface area contributed by atoms with Crippen LogP contribution in [0.25, 0.3) is 26.1 Å². The van der Waals surface area contributed by atoms with E-state index in [-0.39, 0.29) is 34.3 Å². The van der Waals surface area contributed by atoms with Gasteiger partial charge < -0.3 is 15.4 Å². The van der Waals surface area contributed by atoms with Gasteiger partial charge in [-0.3, -0.25) is 29.1 Å². The van der Waals surface area contributed by atoms with Crippen LogP contribution in [0.3, 0.4) is 0 Å². The van der Waals surface area contributed by atoms with Gasteiger partial charge in [0.2, 0.25) is 11.8 Å². The number of anilines is 2. The van der Waals surface area contributed by atoms with Gasteiger partial charge in [-0.2, -0.15) is 0 Å². The first-order valence-corrected chi connectivity index (χ1v) is 19.1. The summed E-state index contributed by atoms with van der Waals surface area (Å²) in [6.07, 6.45) is 4.01. The largest absolute Gasteiger partial charge is 0.496 e.